The number of methoxy groups -OCH3 is 1. The molecule has 0 saturated heterocycles. The maximum Gasteiger partial charge on any atom is 0.407 e. The molecule has 1 rings (SSSR count). The van der Waals surface area contributed by atoms with Crippen molar-refractivity contribution in [1.29, 1.82) is 0 Å². The van der Waals surface area contributed by atoms with Gasteiger partial charge < -0.3 is 10.1 Å². The number of ether oxygens (including phenoxy) is 1. The number of amides is 1. The Morgan fingerprint density at radius 1 is 1.53 bits per heavy atom. The third-order valence-corrected chi connectivity index (χ3v) is 1.87. The number of aromatic nitrogens is 1. The number of Topliss-reactive ketones (excluding diaryl/α,β-unsaturated/α-hetero) is 1. The van der Waals surface area contributed by atoms with Crippen LogP contribution in [0.2, 0.25) is 0 Å². The van der Waals surface area contributed by atoms with E-state index in [1.807, 2.05) is 0 Å². The zero-order chi connectivity index (χ0) is 11.3. The minimum atomic E-state index is -0.703. The molecule has 1 amide bonds. The lowest BCUT2D eigenvalue weighted by Crippen LogP contribution is -2.32. The second-order valence-corrected chi connectivity index (χ2v) is 2.97. The first-order chi connectivity index (χ1) is 7.15. The highest BCUT2D eigenvalue weighted by atomic mass is 16.5. The maximum atomic E-state index is 11.3. The van der Waals surface area contributed by atoms with Gasteiger partial charge in [0, 0.05) is 18.0 Å². The molecule has 0 unspecified atom stereocenters. The van der Waals surface area contributed by atoms with Crippen LogP contribution >= 0.6 is 0 Å². The van der Waals surface area contributed by atoms with Gasteiger partial charge in [-0.1, -0.05) is 6.07 Å². The molecule has 0 bridgehead atoms. The molecule has 0 aromatic carbocycles. The van der Waals surface area contributed by atoms with E-state index in [-0.39, 0.29) is 5.78 Å². The second-order valence-electron chi connectivity index (χ2n) is 2.97. The standard InChI is InChI=1S/C10H12N2O3/c1-7(13)9(12-10(14)15-2)8-4-3-5-11-6-8/h3-6,9H,1-2H3,(H,12,14)/t9-/m0/s1. The molecule has 1 aromatic heterocycles. The molecule has 1 atom stereocenters. The molecule has 1 heterocycles. The fourth-order valence-corrected chi connectivity index (χ4v) is 1.14. The van der Waals surface area contributed by atoms with Crippen LogP contribution in [0.15, 0.2) is 24.5 Å². The van der Waals surface area contributed by atoms with Gasteiger partial charge in [0.05, 0.1) is 7.11 Å². The molecule has 0 spiro atoms. The number of rotatable bonds is 3. The minimum Gasteiger partial charge on any atom is -0.453 e. The van der Waals surface area contributed by atoms with Gasteiger partial charge in [-0.2, -0.15) is 0 Å². The van der Waals surface area contributed by atoms with E-state index in [2.05, 4.69) is 15.0 Å². The van der Waals surface area contributed by atoms with Gasteiger partial charge in [0.1, 0.15) is 6.04 Å². The lowest BCUT2D eigenvalue weighted by molar-refractivity contribution is -0.119. The van der Waals surface area contributed by atoms with Crippen LogP contribution in [0.1, 0.15) is 18.5 Å². The molecule has 5 nitrogen and oxygen atoms in total. The van der Waals surface area contributed by atoms with Gasteiger partial charge in [-0.05, 0) is 13.0 Å². The van der Waals surface area contributed by atoms with E-state index in [1.165, 1.54) is 20.2 Å². The largest absolute Gasteiger partial charge is 0.453 e. The Morgan fingerprint density at radius 2 is 2.27 bits per heavy atom. The zero-order valence-corrected chi connectivity index (χ0v) is 8.56. The fourth-order valence-electron chi connectivity index (χ4n) is 1.14. The Balaban J connectivity index is 2.84. The third-order valence-electron chi connectivity index (χ3n) is 1.87. The monoisotopic (exact) mass is 208 g/mol. The highest BCUT2D eigenvalue weighted by Crippen LogP contribution is 2.12. The summed E-state index contributed by atoms with van der Waals surface area (Å²) >= 11 is 0. The number of nitrogens with one attached hydrogen (secondary N) is 1. The van der Waals surface area contributed by atoms with Crippen LogP contribution in [0.5, 0.6) is 0 Å². The fraction of sp³-hybridized carbons (Fsp3) is 0.300. The van der Waals surface area contributed by atoms with Crippen molar-refractivity contribution in [1.82, 2.24) is 10.3 Å². The number of carbonyl (C=O) groups excluding carboxylic acids is 2. The van der Waals surface area contributed by atoms with E-state index in [1.54, 1.807) is 18.3 Å². The molecule has 0 fully saturated rings. The summed E-state index contributed by atoms with van der Waals surface area (Å²) in [7, 11) is 1.25. The van der Waals surface area contributed by atoms with Gasteiger partial charge in [0.2, 0.25) is 0 Å². The number of pyridine rings is 1. The van der Waals surface area contributed by atoms with Crippen LogP contribution in [-0.4, -0.2) is 24.0 Å². The van der Waals surface area contributed by atoms with E-state index in [9.17, 15) is 9.59 Å². The number of alkyl carbamates (subject to hydrolysis) is 1. The Kier molecular flexibility index (Phi) is 3.79. The van der Waals surface area contributed by atoms with Crippen molar-refractivity contribution in [3.8, 4) is 0 Å². The van der Waals surface area contributed by atoms with Crippen LogP contribution in [0, 0.1) is 0 Å². The van der Waals surface area contributed by atoms with Crippen molar-refractivity contribution in [3.63, 3.8) is 0 Å². The first kappa shape index (κ1) is 11.2. The lowest BCUT2D eigenvalue weighted by Gasteiger charge is -2.14. The maximum absolute atomic E-state index is 11.3. The quantitative estimate of drug-likeness (QED) is 0.806. The van der Waals surface area contributed by atoms with E-state index in [0.717, 1.165) is 0 Å². The van der Waals surface area contributed by atoms with Crippen LogP contribution < -0.4 is 5.32 Å². The molecule has 1 N–H and O–H groups in total. The van der Waals surface area contributed by atoms with Crippen LogP contribution in [0.4, 0.5) is 4.79 Å². The molecule has 0 saturated carbocycles. The minimum absolute atomic E-state index is 0.173. The molecule has 0 aliphatic carbocycles. The average Bonchev–Trinajstić information content (AvgIpc) is 2.26. The Hall–Kier alpha value is -1.91. The van der Waals surface area contributed by atoms with Crippen LogP contribution in [-0.2, 0) is 9.53 Å². The average molecular weight is 208 g/mol. The number of ketones is 1. The van der Waals surface area contributed by atoms with Gasteiger partial charge in [-0.3, -0.25) is 9.78 Å². The van der Waals surface area contributed by atoms with Crippen molar-refractivity contribution >= 4 is 11.9 Å². The Morgan fingerprint density at radius 3 is 2.73 bits per heavy atom. The van der Waals surface area contributed by atoms with Crippen LogP contribution in [0.3, 0.4) is 0 Å². The van der Waals surface area contributed by atoms with Crippen LogP contribution in [0.25, 0.3) is 0 Å². The summed E-state index contributed by atoms with van der Waals surface area (Å²) in [5, 5.41) is 2.43. The molecule has 0 aliphatic rings. The Labute approximate surface area is 87.5 Å². The number of nitrogens with zero attached hydrogens (tertiary/aromatic N) is 1. The molecular weight excluding hydrogens is 196 g/mol. The molecule has 0 radical (unpaired) electrons. The van der Waals surface area contributed by atoms with Gasteiger partial charge >= 0.3 is 6.09 Å². The summed E-state index contributed by atoms with van der Waals surface area (Å²) in [6, 6.07) is 2.71. The van der Waals surface area contributed by atoms with Gasteiger partial charge in [0.15, 0.2) is 5.78 Å². The molecular formula is C10H12N2O3. The first-order valence-electron chi connectivity index (χ1n) is 4.40. The summed E-state index contributed by atoms with van der Waals surface area (Å²) in [6.07, 6.45) is 2.49. The number of hydrogen-bond acceptors (Lipinski definition) is 4. The van der Waals surface area contributed by atoms with Crippen molar-refractivity contribution < 1.29 is 14.3 Å². The van der Waals surface area contributed by atoms with E-state index >= 15 is 0 Å². The summed E-state index contributed by atoms with van der Waals surface area (Å²) in [6.45, 7) is 1.40. The van der Waals surface area contributed by atoms with Gasteiger partial charge in [-0.25, -0.2) is 4.79 Å². The number of carbonyl (C=O) groups is 2. The second kappa shape index (κ2) is 5.09. The predicted octanol–water partition coefficient (Wildman–Crippen LogP) is 1.07. The molecule has 0 aliphatic heterocycles. The summed E-state index contributed by atoms with van der Waals surface area (Å²) in [5.41, 5.74) is 0.635. The topological polar surface area (TPSA) is 68.3 Å². The van der Waals surface area contributed by atoms with Gasteiger partial charge in [-0.15, -0.1) is 0 Å². The normalized spacial score (nSPS) is 11.6. The molecule has 5 heteroatoms. The SMILES string of the molecule is COC(=O)N[C@@H](C(C)=O)c1cccnc1. The van der Waals surface area contributed by atoms with Crippen molar-refractivity contribution in [3.05, 3.63) is 30.1 Å². The van der Waals surface area contributed by atoms with Crippen molar-refractivity contribution in [2.24, 2.45) is 0 Å². The summed E-state index contributed by atoms with van der Waals surface area (Å²) < 4.78 is 4.43. The van der Waals surface area contributed by atoms with E-state index in [4.69, 9.17) is 0 Å². The smallest absolute Gasteiger partial charge is 0.407 e. The Bertz CT molecular complexity index is 351. The van der Waals surface area contributed by atoms with Crippen molar-refractivity contribution in [2.45, 2.75) is 13.0 Å². The highest BCUT2D eigenvalue weighted by molar-refractivity contribution is 5.86. The van der Waals surface area contributed by atoms with E-state index in [0.29, 0.717) is 5.56 Å². The number of hydrogen-bond donors (Lipinski definition) is 1. The molecule has 1 aromatic rings. The van der Waals surface area contributed by atoms with E-state index < -0.39 is 12.1 Å². The summed E-state index contributed by atoms with van der Waals surface area (Å²) in [4.78, 5) is 26.2. The third kappa shape index (κ3) is 3.05. The van der Waals surface area contributed by atoms with Crippen molar-refractivity contribution in [2.75, 3.05) is 7.11 Å². The molecule has 80 valence electrons. The zero-order valence-electron chi connectivity index (χ0n) is 8.56. The predicted molar refractivity (Wildman–Crippen MR) is 53.2 cm³/mol. The molecule has 15 heavy (non-hydrogen) atoms. The summed E-state index contributed by atoms with van der Waals surface area (Å²) in [5.74, 6) is -0.173. The highest BCUT2D eigenvalue weighted by Gasteiger charge is 2.19. The van der Waals surface area contributed by atoms with Gasteiger partial charge in [0.25, 0.3) is 0 Å². The first-order valence-corrected chi connectivity index (χ1v) is 4.40. The lowest BCUT2D eigenvalue weighted by atomic mass is 10.1.